The lowest BCUT2D eigenvalue weighted by molar-refractivity contribution is -0.177. The van der Waals surface area contributed by atoms with Crippen molar-refractivity contribution in [1.29, 1.82) is 0 Å². The van der Waals surface area contributed by atoms with Crippen molar-refractivity contribution in [2.24, 2.45) is 34.5 Å². The van der Waals surface area contributed by atoms with Gasteiger partial charge in [0.1, 0.15) is 0 Å². The molecule has 0 radical (unpaired) electrons. The molecule has 0 aromatic rings. The number of rotatable bonds is 0. The smallest absolute Gasteiger partial charge is 0.0855 e. The lowest BCUT2D eigenvalue weighted by Crippen LogP contribution is -2.58. The van der Waals surface area contributed by atoms with Crippen LogP contribution in [-0.4, -0.2) is 44.8 Å². The molecule has 0 bridgehead atoms. The molecule has 0 aromatic carbocycles. The maximum atomic E-state index is 10.9. The SMILES string of the molecule is C[C@]12CCC3C(C1C[C@H](O)[C@@H]2O)[C@@H](O)C[C@@H]1C[C@H](O)CC[C@]31C. The van der Waals surface area contributed by atoms with Gasteiger partial charge in [0.15, 0.2) is 0 Å². The maximum Gasteiger partial charge on any atom is 0.0855 e. The Balaban J connectivity index is 1.68. The van der Waals surface area contributed by atoms with E-state index in [1.807, 2.05) is 0 Å². The van der Waals surface area contributed by atoms with Crippen molar-refractivity contribution in [2.75, 3.05) is 0 Å². The van der Waals surface area contributed by atoms with Gasteiger partial charge in [0.25, 0.3) is 0 Å². The fourth-order valence-corrected chi connectivity index (χ4v) is 7.19. The van der Waals surface area contributed by atoms with Gasteiger partial charge in [-0.25, -0.2) is 0 Å². The van der Waals surface area contributed by atoms with E-state index in [0.717, 1.165) is 38.5 Å². The molecule has 0 amide bonds. The van der Waals surface area contributed by atoms with E-state index in [1.54, 1.807) is 0 Å². The van der Waals surface area contributed by atoms with Gasteiger partial charge in [-0.2, -0.15) is 0 Å². The van der Waals surface area contributed by atoms with Crippen LogP contribution in [0.1, 0.15) is 58.8 Å². The van der Waals surface area contributed by atoms with Gasteiger partial charge in [-0.3, -0.25) is 0 Å². The van der Waals surface area contributed by atoms with Gasteiger partial charge in [-0.05, 0) is 79.4 Å². The fourth-order valence-electron chi connectivity index (χ4n) is 7.19. The van der Waals surface area contributed by atoms with Gasteiger partial charge in [-0.1, -0.05) is 13.8 Å². The molecule has 4 rings (SSSR count). The Hall–Kier alpha value is -0.160. The summed E-state index contributed by atoms with van der Waals surface area (Å²) in [6.07, 6.45) is 4.24. The molecule has 10 atom stereocenters. The molecule has 4 saturated carbocycles. The lowest BCUT2D eigenvalue weighted by atomic mass is 9.44. The van der Waals surface area contributed by atoms with Gasteiger partial charge in [-0.15, -0.1) is 0 Å². The second-order valence-corrected chi connectivity index (χ2v) is 9.52. The van der Waals surface area contributed by atoms with Crippen LogP contribution in [0.4, 0.5) is 0 Å². The molecule has 4 nitrogen and oxygen atoms in total. The molecule has 4 aliphatic rings. The highest BCUT2D eigenvalue weighted by Crippen LogP contribution is 2.66. The molecule has 4 aliphatic carbocycles. The molecule has 3 unspecified atom stereocenters. The van der Waals surface area contributed by atoms with Crippen molar-refractivity contribution < 1.29 is 20.4 Å². The van der Waals surface area contributed by atoms with Crippen LogP contribution in [0.2, 0.25) is 0 Å². The predicted octanol–water partition coefficient (Wildman–Crippen LogP) is 1.69. The average Bonchev–Trinajstić information content (AvgIpc) is 2.73. The predicted molar refractivity (Wildman–Crippen MR) is 86.5 cm³/mol. The Morgan fingerprint density at radius 2 is 1.43 bits per heavy atom. The summed E-state index contributed by atoms with van der Waals surface area (Å²) in [4.78, 5) is 0. The van der Waals surface area contributed by atoms with Crippen LogP contribution in [0.3, 0.4) is 0 Å². The third-order valence-electron chi connectivity index (χ3n) is 8.63. The van der Waals surface area contributed by atoms with E-state index in [2.05, 4.69) is 13.8 Å². The van der Waals surface area contributed by atoms with Gasteiger partial charge >= 0.3 is 0 Å². The third-order valence-corrected chi connectivity index (χ3v) is 8.63. The summed E-state index contributed by atoms with van der Waals surface area (Å²) < 4.78 is 0. The molecule has 4 heteroatoms. The number of fused-ring (bicyclic) bond motifs is 5. The molecule has 0 aliphatic heterocycles. The van der Waals surface area contributed by atoms with E-state index in [0.29, 0.717) is 18.3 Å². The van der Waals surface area contributed by atoms with Crippen LogP contribution in [0.25, 0.3) is 0 Å². The minimum atomic E-state index is -0.653. The van der Waals surface area contributed by atoms with Gasteiger partial charge in [0, 0.05) is 0 Å². The van der Waals surface area contributed by atoms with Crippen LogP contribution in [0.15, 0.2) is 0 Å². The Morgan fingerprint density at radius 1 is 0.739 bits per heavy atom. The van der Waals surface area contributed by atoms with Crippen molar-refractivity contribution in [3.63, 3.8) is 0 Å². The maximum absolute atomic E-state index is 10.9. The van der Waals surface area contributed by atoms with Gasteiger partial charge in [0.2, 0.25) is 0 Å². The molecule has 4 N–H and O–H groups in total. The molecule has 4 fully saturated rings. The molecular formula is C19H32O4. The van der Waals surface area contributed by atoms with E-state index < -0.39 is 12.2 Å². The van der Waals surface area contributed by atoms with Crippen molar-refractivity contribution in [1.82, 2.24) is 0 Å². The first-order valence-corrected chi connectivity index (χ1v) is 9.49. The monoisotopic (exact) mass is 324 g/mol. The second kappa shape index (κ2) is 5.17. The normalized spacial score (nSPS) is 62.3. The molecule has 132 valence electrons. The summed E-state index contributed by atoms with van der Waals surface area (Å²) in [7, 11) is 0. The van der Waals surface area contributed by atoms with E-state index in [-0.39, 0.29) is 34.9 Å². The highest BCUT2D eigenvalue weighted by Gasteiger charge is 2.64. The first-order valence-electron chi connectivity index (χ1n) is 9.49. The second-order valence-electron chi connectivity index (χ2n) is 9.52. The van der Waals surface area contributed by atoms with Crippen LogP contribution >= 0.6 is 0 Å². The summed E-state index contributed by atoms with van der Waals surface area (Å²) in [5.74, 6) is 1.27. The Kier molecular flexibility index (Phi) is 3.67. The average molecular weight is 324 g/mol. The molecular weight excluding hydrogens is 292 g/mol. The van der Waals surface area contributed by atoms with E-state index >= 15 is 0 Å². The van der Waals surface area contributed by atoms with Gasteiger partial charge in [0.05, 0.1) is 24.4 Å². The zero-order valence-corrected chi connectivity index (χ0v) is 14.4. The number of hydrogen-bond acceptors (Lipinski definition) is 4. The molecule has 23 heavy (non-hydrogen) atoms. The summed E-state index contributed by atoms with van der Waals surface area (Å²) in [5.41, 5.74) is -0.0537. The molecule has 0 aromatic heterocycles. The minimum absolute atomic E-state index is 0.192. The number of aliphatic hydroxyl groups excluding tert-OH is 4. The summed E-state index contributed by atoms with van der Waals surface area (Å²) in [6.45, 7) is 4.48. The van der Waals surface area contributed by atoms with E-state index in [4.69, 9.17) is 0 Å². The standard InChI is InChI=1S/C19H32O4/c1-18-5-3-11(20)7-10(18)8-14(21)16-12(18)4-6-19(2)13(16)9-15(22)17(19)23/h10-17,20-23H,3-9H2,1-2H3/t10-,11+,12?,13?,14-,15-,16?,17-,18-,19-/m0/s1. The first kappa shape index (κ1) is 16.3. The highest BCUT2D eigenvalue weighted by molar-refractivity contribution is 5.13. The van der Waals surface area contributed by atoms with Crippen LogP contribution in [-0.2, 0) is 0 Å². The lowest BCUT2D eigenvalue weighted by Gasteiger charge is -2.61. The van der Waals surface area contributed by atoms with Crippen LogP contribution < -0.4 is 0 Å². The van der Waals surface area contributed by atoms with Crippen LogP contribution in [0, 0.1) is 34.5 Å². The highest BCUT2D eigenvalue weighted by atomic mass is 16.3. The summed E-state index contributed by atoms with van der Waals surface area (Å²) >= 11 is 0. The molecule has 0 spiro atoms. The Labute approximate surface area is 138 Å². The van der Waals surface area contributed by atoms with Crippen molar-refractivity contribution in [2.45, 2.75) is 83.2 Å². The number of aliphatic hydroxyl groups is 4. The van der Waals surface area contributed by atoms with Crippen molar-refractivity contribution in [3.05, 3.63) is 0 Å². The summed E-state index contributed by atoms with van der Waals surface area (Å²) in [5, 5.41) is 41.7. The van der Waals surface area contributed by atoms with Crippen molar-refractivity contribution >= 4 is 0 Å². The first-order chi connectivity index (χ1) is 10.8. The molecule has 0 heterocycles. The van der Waals surface area contributed by atoms with E-state index in [1.165, 1.54) is 0 Å². The topological polar surface area (TPSA) is 80.9 Å². The minimum Gasteiger partial charge on any atom is -0.393 e. The zero-order valence-electron chi connectivity index (χ0n) is 14.4. The van der Waals surface area contributed by atoms with Gasteiger partial charge < -0.3 is 20.4 Å². The summed E-state index contributed by atoms with van der Waals surface area (Å²) in [6, 6.07) is 0. The Morgan fingerprint density at radius 3 is 2.17 bits per heavy atom. The number of hydrogen-bond donors (Lipinski definition) is 4. The zero-order chi connectivity index (χ0) is 16.6. The quantitative estimate of drug-likeness (QED) is 0.547. The van der Waals surface area contributed by atoms with Crippen molar-refractivity contribution in [3.8, 4) is 0 Å². The Bertz CT molecular complexity index is 482. The van der Waals surface area contributed by atoms with Crippen LogP contribution in [0.5, 0.6) is 0 Å². The molecule has 0 saturated heterocycles. The van der Waals surface area contributed by atoms with E-state index in [9.17, 15) is 20.4 Å². The fraction of sp³-hybridized carbons (Fsp3) is 1.00. The third kappa shape index (κ3) is 2.11. The largest absolute Gasteiger partial charge is 0.393 e.